The van der Waals surface area contributed by atoms with Gasteiger partial charge in [0.1, 0.15) is 0 Å². The molecular weight excluding hydrogens is 641 g/mol. The number of aromatic nitrogens is 1. The molecule has 2 nitrogen and oxygen atoms in total. The summed E-state index contributed by atoms with van der Waals surface area (Å²) in [6.07, 6.45) is 0. The Labute approximate surface area is 310 Å². The van der Waals surface area contributed by atoms with Gasteiger partial charge in [-0.1, -0.05) is 135 Å². The quantitative estimate of drug-likeness (QED) is 0.170. The summed E-state index contributed by atoms with van der Waals surface area (Å²) in [5, 5.41) is 2.52. The third-order valence-electron chi connectivity index (χ3n) is 11.2. The molecule has 1 aliphatic carbocycles. The second-order valence-corrected chi connectivity index (χ2v) is 14.6. The first-order valence-electron chi connectivity index (χ1n) is 18.4. The lowest BCUT2D eigenvalue weighted by molar-refractivity contribution is 0.660. The van der Waals surface area contributed by atoms with Gasteiger partial charge in [0.05, 0.1) is 11.0 Å². The monoisotopic (exact) mass is 678 g/mol. The van der Waals surface area contributed by atoms with E-state index in [1.807, 2.05) is 0 Å². The smallest absolute Gasteiger partial charge is 0.0541 e. The number of fused-ring (bicyclic) bond motifs is 6. The van der Waals surface area contributed by atoms with Crippen molar-refractivity contribution in [1.29, 1.82) is 0 Å². The van der Waals surface area contributed by atoms with E-state index in [1.54, 1.807) is 0 Å². The van der Waals surface area contributed by atoms with Crippen LogP contribution in [0.5, 0.6) is 0 Å². The molecule has 0 atom stereocenters. The van der Waals surface area contributed by atoms with Gasteiger partial charge in [-0.05, 0) is 117 Å². The van der Waals surface area contributed by atoms with Crippen molar-refractivity contribution in [3.8, 4) is 39.1 Å². The average molecular weight is 679 g/mol. The van der Waals surface area contributed by atoms with Gasteiger partial charge in [-0.15, -0.1) is 0 Å². The van der Waals surface area contributed by atoms with Gasteiger partial charge >= 0.3 is 0 Å². The van der Waals surface area contributed by atoms with Crippen LogP contribution in [0.25, 0.3) is 60.9 Å². The number of para-hydroxylation sites is 2. The van der Waals surface area contributed by atoms with Gasteiger partial charge in [0.2, 0.25) is 0 Å². The Morgan fingerprint density at radius 1 is 0.377 bits per heavy atom. The van der Waals surface area contributed by atoms with E-state index in [0.29, 0.717) is 0 Å². The van der Waals surface area contributed by atoms with Crippen molar-refractivity contribution in [2.45, 2.75) is 19.3 Å². The number of anilines is 3. The first-order valence-corrected chi connectivity index (χ1v) is 18.4. The Bertz CT molecular complexity index is 2640. The van der Waals surface area contributed by atoms with Crippen molar-refractivity contribution >= 4 is 38.9 Å². The van der Waals surface area contributed by atoms with E-state index < -0.39 is 0 Å². The molecule has 0 radical (unpaired) electrons. The minimum Gasteiger partial charge on any atom is -0.310 e. The highest BCUT2D eigenvalue weighted by Crippen LogP contribution is 2.51. The van der Waals surface area contributed by atoms with Crippen LogP contribution in [0.1, 0.15) is 25.0 Å². The zero-order valence-corrected chi connectivity index (χ0v) is 29.9. The highest BCUT2D eigenvalue weighted by molar-refractivity contribution is 6.11. The summed E-state index contributed by atoms with van der Waals surface area (Å²) < 4.78 is 2.46. The number of nitrogens with zero attached hydrogens (tertiary/aromatic N) is 2. The first kappa shape index (κ1) is 31.1. The van der Waals surface area contributed by atoms with Gasteiger partial charge < -0.3 is 9.47 Å². The lowest BCUT2D eigenvalue weighted by Gasteiger charge is -2.28. The largest absolute Gasteiger partial charge is 0.310 e. The SMILES string of the molecule is CC1(C)c2cc(N(c3ccccc3)c3ccccc3)ccc2-c2ccc(-n3c4ccc(-c5ccccc5)cc4c4cc(-c5ccccc5)ccc43)cc21. The van der Waals surface area contributed by atoms with Crippen LogP contribution >= 0.6 is 0 Å². The first-order chi connectivity index (χ1) is 26.0. The Hall–Kier alpha value is -6.64. The Morgan fingerprint density at radius 3 is 1.34 bits per heavy atom. The Balaban J connectivity index is 1.12. The molecule has 1 heterocycles. The number of hydrogen-bond donors (Lipinski definition) is 0. The van der Waals surface area contributed by atoms with Crippen LogP contribution in [0.15, 0.2) is 194 Å². The number of benzene rings is 8. The van der Waals surface area contributed by atoms with E-state index in [1.165, 1.54) is 72.0 Å². The van der Waals surface area contributed by atoms with E-state index in [2.05, 4.69) is 217 Å². The molecule has 10 rings (SSSR count). The van der Waals surface area contributed by atoms with E-state index in [0.717, 1.165) is 17.1 Å². The van der Waals surface area contributed by atoms with E-state index >= 15 is 0 Å². The molecule has 0 unspecified atom stereocenters. The molecule has 2 heteroatoms. The second kappa shape index (κ2) is 12.3. The van der Waals surface area contributed by atoms with Gasteiger partial charge in [0.15, 0.2) is 0 Å². The van der Waals surface area contributed by atoms with Crippen molar-refractivity contribution in [2.75, 3.05) is 4.90 Å². The van der Waals surface area contributed by atoms with Crippen LogP contribution in [0.2, 0.25) is 0 Å². The fourth-order valence-corrected chi connectivity index (χ4v) is 8.51. The maximum Gasteiger partial charge on any atom is 0.0541 e. The van der Waals surface area contributed by atoms with Crippen LogP contribution in [-0.4, -0.2) is 4.57 Å². The van der Waals surface area contributed by atoms with E-state index in [9.17, 15) is 0 Å². The summed E-state index contributed by atoms with van der Waals surface area (Å²) in [5.41, 5.74) is 17.1. The molecular formula is C51H38N2. The number of rotatable bonds is 6. The second-order valence-electron chi connectivity index (χ2n) is 14.6. The maximum absolute atomic E-state index is 2.46. The van der Waals surface area contributed by atoms with Gasteiger partial charge in [-0.2, -0.15) is 0 Å². The molecule has 252 valence electrons. The van der Waals surface area contributed by atoms with Crippen molar-refractivity contribution in [3.63, 3.8) is 0 Å². The normalized spacial score (nSPS) is 12.9. The summed E-state index contributed by atoms with van der Waals surface area (Å²) in [5.74, 6) is 0. The summed E-state index contributed by atoms with van der Waals surface area (Å²) in [4.78, 5) is 2.36. The zero-order chi connectivity index (χ0) is 35.5. The van der Waals surface area contributed by atoms with Crippen LogP contribution in [0.4, 0.5) is 17.1 Å². The van der Waals surface area contributed by atoms with Crippen molar-refractivity contribution in [1.82, 2.24) is 4.57 Å². The maximum atomic E-state index is 2.46. The number of hydrogen-bond acceptors (Lipinski definition) is 1. The van der Waals surface area contributed by atoms with Gasteiger partial charge in [0, 0.05) is 38.9 Å². The topological polar surface area (TPSA) is 8.17 Å². The Morgan fingerprint density at radius 2 is 0.830 bits per heavy atom. The highest BCUT2D eigenvalue weighted by Gasteiger charge is 2.36. The molecule has 0 spiro atoms. The minimum atomic E-state index is -0.199. The summed E-state index contributed by atoms with van der Waals surface area (Å²) in [6.45, 7) is 4.76. The van der Waals surface area contributed by atoms with Crippen molar-refractivity contribution in [2.24, 2.45) is 0 Å². The molecule has 0 N–H and O–H groups in total. The summed E-state index contributed by atoms with van der Waals surface area (Å²) in [6, 6.07) is 70.7. The predicted molar refractivity (Wildman–Crippen MR) is 224 cm³/mol. The summed E-state index contributed by atoms with van der Waals surface area (Å²) >= 11 is 0. The van der Waals surface area contributed by atoms with Crippen molar-refractivity contribution in [3.05, 3.63) is 205 Å². The van der Waals surface area contributed by atoms with E-state index in [-0.39, 0.29) is 5.41 Å². The molecule has 0 aliphatic heterocycles. The molecule has 9 aromatic rings. The standard InChI is InChI=1S/C51H38N2/c1-51(2)47-33-41(52(39-19-11-5-12-20-39)40-21-13-6-14-22-40)25-27-43(47)44-28-26-42(34-48(44)51)53-49-29-23-37(35-15-7-3-8-16-35)31-45(49)46-32-38(24-30-50(46)53)36-17-9-4-10-18-36/h3-34H,1-2H3. The lowest BCUT2D eigenvalue weighted by Crippen LogP contribution is -2.17. The average Bonchev–Trinajstić information content (AvgIpc) is 3.66. The van der Waals surface area contributed by atoms with Crippen LogP contribution in [0.3, 0.4) is 0 Å². The fraction of sp³-hybridized carbons (Fsp3) is 0.0588. The molecule has 0 saturated heterocycles. The Kier molecular flexibility index (Phi) is 7.19. The molecule has 1 aromatic heterocycles. The molecule has 53 heavy (non-hydrogen) atoms. The van der Waals surface area contributed by atoms with Gasteiger partial charge in [-0.25, -0.2) is 0 Å². The molecule has 0 bridgehead atoms. The van der Waals surface area contributed by atoms with Crippen LogP contribution in [0, 0.1) is 0 Å². The van der Waals surface area contributed by atoms with Gasteiger partial charge in [-0.3, -0.25) is 0 Å². The van der Waals surface area contributed by atoms with E-state index in [4.69, 9.17) is 0 Å². The lowest BCUT2D eigenvalue weighted by atomic mass is 9.82. The van der Waals surface area contributed by atoms with Crippen LogP contribution in [-0.2, 0) is 5.41 Å². The highest BCUT2D eigenvalue weighted by atomic mass is 15.1. The third-order valence-corrected chi connectivity index (χ3v) is 11.2. The summed E-state index contributed by atoms with van der Waals surface area (Å²) in [7, 11) is 0. The zero-order valence-electron chi connectivity index (χ0n) is 29.9. The fourth-order valence-electron chi connectivity index (χ4n) is 8.51. The van der Waals surface area contributed by atoms with Crippen LogP contribution < -0.4 is 4.90 Å². The van der Waals surface area contributed by atoms with Crippen molar-refractivity contribution < 1.29 is 0 Å². The molecule has 0 saturated carbocycles. The third kappa shape index (κ3) is 5.10. The minimum absolute atomic E-state index is 0.199. The molecule has 0 amide bonds. The van der Waals surface area contributed by atoms with Gasteiger partial charge in [0.25, 0.3) is 0 Å². The molecule has 1 aliphatic rings. The molecule has 0 fully saturated rings. The molecule has 8 aromatic carbocycles. The predicted octanol–water partition coefficient (Wildman–Crippen LogP) is 13.9.